The summed E-state index contributed by atoms with van der Waals surface area (Å²) in [6, 6.07) is 5.13. The maximum atomic E-state index is 4.89. The molecule has 0 saturated carbocycles. The van der Waals surface area contributed by atoms with Gasteiger partial charge >= 0.3 is 0 Å². The van der Waals surface area contributed by atoms with Crippen LogP contribution in [0.25, 0.3) is 0 Å². The fraction of sp³-hybridized carbons (Fsp3) is 0.722. The van der Waals surface area contributed by atoms with Gasteiger partial charge in [-0.15, -0.1) is 0 Å². The van der Waals surface area contributed by atoms with Crippen molar-refractivity contribution in [2.45, 2.75) is 66.0 Å². The monoisotopic (exact) mass is 289 g/mol. The summed E-state index contributed by atoms with van der Waals surface area (Å²) in [5, 5.41) is 3.51. The van der Waals surface area contributed by atoms with Crippen LogP contribution in [0.2, 0.25) is 0 Å². The van der Waals surface area contributed by atoms with Crippen molar-refractivity contribution < 1.29 is 0 Å². The van der Waals surface area contributed by atoms with E-state index >= 15 is 0 Å². The Balaban J connectivity index is 2.19. The molecular formula is C18H31N3. The third-order valence-electron chi connectivity index (χ3n) is 4.71. The molecule has 2 heterocycles. The van der Waals surface area contributed by atoms with E-state index in [-0.39, 0.29) is 0 Å². The third kappa shape index (κ3) is 4.19. The van der Waals surface area contributed by atoms with Crippen LogP contribution in [-0.2, 0) is 13.0 Å². The number of anilines is 1. The summed E-state index contributed by atoms with van der Waals surface area (Å²) >= 11 is 0. The molecule has 3 heteroatoms. The molecule has 2 unspecified atom stereocenters. The minimum atomic E-state index is 0.592. The van der Waals surface area contributed by atoms with E-state index < -0.39 is 0 Å². The lowest BCUT2D eigenvalue weighted by Crippen LogP contribution is -2.43. The quantitative estimate of drug-likeness (QED) is 0.808. The first-order chi connectivity index (χ1) is 10.2. The number of piperidine rings is 1. The van der Waals surface area contributed by atoms with Gasteiger partial charge in [-0.3, -0.25) is 0 Å². The number of hydrogen-bond donors (Lipinski definition) is 1. The summed E-state index contributed by atoms with van der Waals surface area (Å²) in [5.74, 6) is 1.94. The fourth-order valence-corrected chi connectivity index (χ4v) is 3.13. The summed E-state index contributed by atoms with van der Waals surface area (Å²) in [6.45, 7) is 12.3. The molecule has 0 amide bonds. The predicted octanol–water partition coefficient (Wildman–Crippen LogP) is 3.77. The zero-order valence-corrected chi connectivity index (χ0v) is 14.2. The van der Waals surface area contributed by atoms with Crippen LogP contribution in [0.1, 0.15) is 58.2 Å². The van der Waals surface area contributed by atoms with E-state index in [1.54, 1.807) is 0 Å². The molecule has 1 aliphatic rings. The van der Waals surface area contributed by atoms with Crippen molar-refractivity contribution in [1.29, 1.82) is 0 Å². The van der Waals surface area contributed by atoms with Crippen molar-refractivity contribution in [2.75, 3.05) is 18.0 Å². The maximum absolute atomic E-state index is 4.89. The van der Waals surface area contributed by atoms with Crippen LogP contribution in [0.15, 0.2) is 12.1 Å². The average Bonchev–Trinajstić information content (AvgIpc) is 2.50. The minimum Gasteiger partial charge on any atom is -0.354 e. The lowest BCUT2D eigenvalue weighted by atomic mass is 9.92. The molecule has 0 spiro atoms. The zero-order valence-electron chi connectivity index (χ0n) is 14.2. The molecule has 1 aromatic heterocycles. The van der Waals surface area contributed by atoms with E-state index in [4.69, 9.17) is 4.98 Å². The van der Waals surface area contributed by atoms with Crippen molar-refractivity contribution >= 4 is 5.82 Å². The van der Waals surface area contributed by atoms with Crippen molar-refractivity contribution in [3.63, 3.8) is 0 Å². The molecule has 21 heavy (non-hydrogen) atoms. The second-order valence-electron chi connectivity index (χ2n) is 6.41. The standard InChI is InChI=1S/C18H31N3/c1-5-9-19-13-16-11-17(6-2)20-18(12-16)21-10-7-8-14(3)15(21)4/h11-12,14-15,19H,5-10,13H2,1-4H3. The molecule has 0 aliphatic carbocycles. The Hall–Kier alpha value is -1.09. The Morgan fingerprint density at radius 2 is 2.10 bits per heavy atom. The summed E-state index contributed by atoms with van der Waals surface area (Å²) < 4.78 is 0. The Kier molecular flexibility index (Phi) is 6.04. The first kappa shape index (κ1) is 16.3. The Labute approximate surface area is 130 Å². The van der Waals surface area contributed by atoms with Gasteiger partial charge < -0.3 is 10.2 Å². The number of pyridine rings is 1. The van der Waals surface area contributed by atoms with Crippen LogP contribution in [0.4, 0.5) is 5.82 Å². The molecule has 0 bridgehead atoms. The number of nitrogens with zero attached hydrogens (tertiary/aromatic N) is 2. The third-order valence-corrected chi connectivity index (χ3v) is 4.71. The van der Waals surface area contributed by atoms with Crippen molar-refractivity contribution in [3.05, 3.63) is 23.4 Å². The molecule has 0 aromatic carbocycles. The van der Waals surface area contributed by atoms with Gasteiger partial charge in [0.25, 0.3) is 0 Å². The predicted molar refractivity (Wildman–Crippen MR) is 90.8 cm³/mol. The highest BCUT2D eigenvalue weighted by Gasteiger charge is 2.25. The van der Waals surface area contributed by atoms with E-state index in [1.165, 1.54) is 36.3 Å². The van der Waals surface area contributed by atoms with E-state index in [2.05, 4.69) is 50.0 Å². The zero-order chi connectivity index (χ0) is 15.2. The van der Waals surface area contributed by atoms with E-state index in [0.717, 1.165) is 32.0 Å². The van der Waals surface area contributed by atoms with Gasteiger partial charge in [0.15, 0.2) is 0 Å². The van der Waals surface area contributed by atoms with Crippen LogP contribution < -0.4 is 10.2 Å². The lowest BCUT2D eigenvalue weighted by molar-refractivity contribution is 0.361. The lowest BCUT2D eigenvalue weighted by Gasteiger charge is -2.39. The number of nitrogens with one attached hydrogen (secondary N) is 1. The smallest absolute Gasteiger partial charge is 0.129 e. The van der Waals surface area contributed by atoms with Crippen LogP contribution in [0, 0.1) is 5.92 Å². The topological polar surface area (TPSA) is 28.2 Å². The van der Waals surface area contributed by atoms with Crippen LogP contribution in [0.3, 0.4) is 0 Å². The number of hydrogen-bond acceptors (Lipinski definition) is 3. The summed E-state index contributed by atoms with van der Waals surface area (Å²) in [7, 11) is 0. The van der Waals surface area contributed by atoms with Crippen molar-refractivity contribution in [3.8, 4) is 0 Å². The van der Waals surface area contributed by atoms with Gasteiger partial charge in [-0.25, -0.2) is 4.98 Å². The normalized spacial score (nSPS) is 22.6. The molecule has 2 atom stereocenters. The van der Waals surface area contributed by atoms with Gasteiger partial charge in [-0.2, -0.15) is 0 Å². The minimum absolute atomic E-state index is 0.592. The van der Waals surface area contributed by atoms with Gasteiger partial charge in [-0.05, 0) is 62.8 Å². The molecule has 0 radical (unpaired) electrons. The second-order valence-corrected chi connectivity index (χ2v) is 6.41. The van der Waals surface area contributed by atoms with Crippen molar-refractivity contribution in [2.24, 2.45) is 5.92 Å². The molecule has 1 aliphatic heterocycles. The van der Waals surface area contributed by atoms with E-state index in [9.17, 15) is 0 Å². The average molecular weight is 289 g/mol. The van der Waals surface area contributed by atoms with E-state index in [1.807, 2.05) is 0 Å². The van der Waals surface area contributed by atoms with Gasteiger partial charge in [0.05, 0.1) is 0 Å². The highest BCUT2D eigenvalue weighted by atomic mass is 15.2. The van der Waals surface area contributed by atoms with Gasteiger partial charge in [-0.1, -0.05) is 20.8 Å². The van der Waals surface area contributed by atoms with Crippen LogP contribution in [-0.4, -0.2) is 24.1 Å². The first-order valence-electron chi connectivity index (χ1n) is 8.62. The molecule has 1 N–H and O–H groups in total. The number of aromatic nitrogens is 1. The first-order valence-corrected chi connectivity index (χ1v) is 8.62. The van der Waals surface area contributed by atoms with Gasteiger partial charge in [0, 0.05) is 24.8 Å². The van der Waals surface area contributed by atoms with Crippen molar-refractivity contribution in [1.82, 2.24) is 10.3 Å². The maximum Gasteiger partial charge on any atom is 0.129 e. The Morgan fingerprint density at radius 3 is 2.81 bits per heavy atom. The van der Waals surface area contributed by atoms with E-state index in [0.29, 0.717) is 6.04 Å². The summed E-state index contributed by atoms with van der Waals surface area (Å²) in [5.41, 5.74) is 2.59. The van der Waals surface area contributed by atoms with Crippen LogP contribution >= 0.6 is 0 Å². The molecule has 1 aromatic rings. The molecular weight excluding hydrogens is 258 g/mol. The largest absolute Gasteiger partial charge is 0.354 e. The summed E-state index contributed by atoms with van der Waals surface area (Å²) in [4.78, 5) is 7.40. The Bertz CT molecular complexity index is 444. The highest BCUT2D eigenvalue weighted by molar-refractivity contribution is 5.44. The van der Waals surface area contributed by atoms with Crippen LogP contribution in [0.5, 0.6) is 0 Å². The molecule has 1 saturated heterocycles. The molecule has 3 nitrogen and oxygen atoms in total. The second kappa shape index (κ2) is 7.79. The summed E-state index contributed by atoms with van der Waals surface area (Å²) in [6.07, 6.45) is 4.81. The number of rotatable bonds is 6. The van der Waals surface area contributed by atoms with Gasteiger partial charge in [0.1, 0.15) is 5.82 Å². The fourth-order valence-electron chi connectivity index (χ4n) is 3.13. The SMILES string of the molecule is CCCNCc1cc(CC)nc(N2CCCC(C)C2C)c1. The molecule has 118 valence electrons. The highest BCUT2D eigenvalue weighted by Crippen LogP contribution is 2.28. The molecule has 2 rings (SSSR count). The number of aryl methyl sites for hydroxylation is 1. The molecule has 1 fully saturated rings. The van der Waals surface area contributed by atoms with Gasteiger partial charge in [0.2, 0.25) is 0 Å². The Morgan fingerprint density at radius 1 is 1.29 bits per heavy atom.